The minimum absolute atomic E-state index is 0.147. The fourth-order valence-corrected chi connectivity index (χ4v) is 4.54. The van der Waals surface area contributed by atoms with Gasteiger partial charge in [-0.3, -0.25) is 0 Å². The van der Waals surface area contributed by atoms with Crippen molar-refractivity contribution < 1.29 is 28.2 Å². The van der Waals surface area contributed by atoms with Gasteiger partial charge in [0.15, 0.2) is 9.84 Å². The van der Waals surface area contributed by atoms with Crippen molar-refractivity contribution in [3.05, 3.63) is 52.9 Å². The molecule has 1 aromatic heterocycles. The quantitative estimate of drug-likeness (QED) is 0.526. The van der Waals surface area contributed by atoms with E-state index in [1.54, 1.807) is 23.6 Å². The zero-order valence-electron chi connectivity index (χ0n) is 13.6. The number of rotatable bonds is 8. The molecule has 0 spiro atoms. The first-order chi connectivity index (χ1) is 12.3. The first-order valence-corrected chi connectivity index (χ1v) is 10.1. The van der Waals surface area contributed by atoms with Crippen molar-refractivity contribution in [3.8, 4) is 0 Å². The summed E-state index contributed by atoms with van der Waals surface area (Å²) < 4.78 is 24.2. The molecule has 0 fully saturated rings. The summed E-state index contributed by atoms with van der Waals surface area (Å²) in [6, 6.07) is 8.51. The third-order valence-corrected chi connectivity index (χ3v) is 6.65. The number of carboxylic acid groups (broad SMARTS) is 1. The van der Waals surface area contributed by atoms with Crippen LogP contribution in [0, 0.1) is 0 Å². The molecule has 2 aromatic rings. The number of benzene rings is 1. The third-order valence-electron chi connectivity index (χ3n) is 3.37. The molecule has 0 aliphatic rings. The number of thiophene rings is 1. The van der Waals surface area contributed by atoms with E-state index in [1.165, 1.54) is 18.2 Å². The van der Waals surface area contributed by atoms with Crippen molar-refractivity contribution in [2.24, 2.45) is 0 Å². The number of carbonyl (C=O) groups is 2. The van der Waals surface area contributed by atoms with Gasteiger partial charge >= 0.3 is 12.0 Å². The lowest BCUT2D eigenvalue weighted by atomic mass is 10.1. The summed E-state index contributed by atoms with van der Waals surface area (Å²) in [5.74, 6) is -1.52. The van der Waals surface area contributed by atoms with Crippen LogP contribution in [0.25, 0.3) is 0 Å². The van der Waals surface area contributed by atoms with E-state index in [9.17, 15) is 23.1 Å². The number of amides is 2. The van der Waals surface area contributed by atoms with Crippen LogP contribution in [0.1, 0.15) is 15.9 Å². The first-order valence-electron chi connectivity index (χ1n) is 7.56. The smallest absolute Gasteiger partial charge is 0.335 e. The Balaban J connectivity index is 1.75. The monoisotopic (exact) mass is 398 g/mol. The third kappa shape index (κ3) is 5.83. The molecule has 2 rings (SSSR count). The van der Waals surface area contributed by atoms with Crippen LogP contribution in [-0.4, -0.2) is 49.0 Å². The molecule has 8 nitrogen and oxygen atoms in total. The molecule has 1 atom stereocenters. The molecule has 0 saturated heterocycles. The van der Waals surface area contributed by atoms with Crippen molar-refractivity contribution in [2.45, 2.75) is 16.9 Å². The number of urea groups is 1. The van der Waals surface area contributed by atoms with Crippen molar-refractivity contribution in [2.75, 3.05) is 12.3 Å². The average Bonchev–Trinajstić information content (AvgIpc) is 3.13. The number of aliphatic hydroxyl groups excluding tert-OH is 1. The lowest BCUT2D eigenvalue weighted by molar-refractivity contribution is 0.0696. The van der Waals surface area contributed by atoms with Gasteiger partial charge in [0.1, 0.15) is 4.21 Å². The number of carboxylic acids is 1. The van der Waals surface area contributed by atoms with Gasteiger partial charge in [-0.05, 0) is 29.1 Å². The average molecular weight is 398 g/mol. The number of aliphatic hydroxyl groups is 1. The summed E-state index contributed by atoms with van der Waals surface area (Å²) >= 11 is 1.07. The highest BCUT2D eigenvalue weighted by Crippen LogP contribution is 2.18. The van der Waals surface area contributed by atoms with E-state index in [-0.39, 0.29) is 22.9 Å². The maximum atomic E-state index is 12.0. The number of hydrogen-bond donors (Lipinski definition) is 4. The molecular formula is C16H18N2O6S2. The molecule has 0 aliphatic heterocycles. The number of nitrogens with one attached hydrogen (secondary N) is 2. The van der Waals surface area contributed by atoms with Crippen molar-refractivity contribution in [1.82, 2.24) is 10.6 Å². The van der Waals surface area contributed by atoms with E-state index in [1.807, 2.05) is 0 Å². The summed E-state index contributed by atoms with van der Waals surface area (Å²) in [4.78, 5) is 22.5. The molecule has 26 heavy (non-hydrogen) atoms. The van der Waals surface area contributed by atoms with Gasteiger partial charge in [-0.1, -0.05) is 18.2 Å². The Morgan fingerprint density at radius 2 is 1.81 bits per heavy atom. The van der Waals surface area contributed by atoms with E-state index in [4.69, 9.17) is 5.11 Å². The van der Waals surface area contributed by atoms with E-state index >= 15 is 0 Å². The fourth-order valence-electron chi connectivity index (χ4n) is 2.06. The highest BCUT2D eigenvalue weighted by molar-refractivity contribution is 7.93. The predicted molar refractivity (Wildman–Crippen MR) is 96.0 cm³/mol. The van der Waals surface area contributed by atoms with Crippen LogP contribution in [0.5, 0.6) is 0 Å². The van der Waals surface area contributed by atoms with Gasteiger partial charge in [0, 0.05) is 13.1 Å². The van der Waals surface area contributed by atoms with E-state index < -0.39 is 33.7 Å². The maximum absolute atomic E-state index is 12.0. The molecule has 2 amide bonds. The van der Waals surface area contributed by atoms with Crippen LogP contribution >= 0.6 is 11.3 Å². The Hall–Kier alpha value is -2.43. The van der Waals surface area contributed by atoms with Crippen LogP contribution in [0.4, 0.5) is 4.79 Å². The van der Waals surface area contributed by atoms with Crippen molar-refractivity contribution in [1.29, 1.82) is 0 Å². The Morgan fingerprint density at radius 1 is 1.12 bits per heavy atom. The lowest BCUT2D eigenvalue weighted by Gasteiger charge is -2.12. The van der Waals surface area contributed by atoms with Gasteiger partial charge in [-0.2, -0.15) is 0 Å². The van der Waals surface area contributed by atoms with Gasteiger partial charge in [-0.25, -0.2) is 18.0 Å². The van der Waals surface area contributed by atoms with Crippen LogP contribution in [-0.2, 0) is 16.4 Å². The lowest BCUT2D eigenvalue weighted by Crippen LogP contribution is -2.41. The summed E-state index contributed by atoms with van der Waals surface area (Å²) in [7, 11) is -3.58. The molecule has 10 heteroatoms. The standard InChI is InChI=1S/C16H18N2O6S2/c19-13(10-26(23,24)14-2-1-7-25-14)9-18-16(22)17-8-11-3-5-12(6-4-11)15(20)21/h1-7,13,19H,8-10H2,(H,20,21)(H2,17,18,22). The Kier molecular flexibility index (Phi) is 6.72. The van der Waals surface area contributed by atoms with E-state index in [0.717, 1.165) is 11.3 Å². The SMILES string of the molecule is O=C(NCc1ccc(C(=O)O)cc1)NCC(O)CS(=O)(=O)c1cccs1. The zero-order chi connectivity index (χ0) is 19.2. The number of carbonyl (C=O) groups excluding carboxylic acids is 1. The Morgan fingerprint density at radius 3 is 2.38 bits per heavy atom. The summed E-state index contributed by atoms with van der Waals surface area (Å²) in [5, 5.41) is 25.2. The molecule has 140 valence electrons. The highest BCUT2D eigenvalue weighted by Gasteiger charge is 2.21. The van der Waals surface area contributed by atoms with E-state index in [2.05, 4.69) is 10.6 Å². The van der Waals surface area contributed by atoms with Gasteiger partial charge < -0.3 is 20.8 Å². The minimum Gasteiger partial charge on any atom is -0.478 e. The van der Waals surface area contributed by atoms with Crippen LogP contribution < -0.4 is 10.6 Å². The van der Waals surface area contributed by atoms with Gasteiger partial charge in [0.05, 0.1) is 17.4 Å². The topological polar surface area (TPSA) is 133 Å². The molecule has 0 radical (unpaired) electrons. The largest absolute Gasteiger partial charge is 0.478 e. The first kappa shape index (κ1) is 19.9. The fraction of sp³-hybridized carbons (Fsp3) is 0.250. The summed E-state index contributed by atoms with van der Waals surface area (Å²) in [6.45, 7) is -0.0519. The van der Waals surface area contributed by atoms with E-state index in [0.29, 0.717) is 5.56 Å². The Bertz CT molecular complexity index is 847. The predicted octanol–water partition coefficient (Wildman–Crippen LogP) is 1.08. The number of hydrogen-bond acceptors (Lipinski definition) is 6. The molecule has 0 saturated carbocycles. The zero-order valence-corrected chi connectivity index (χ0v) is 15.2. The second kappa shape index (κ2) is 8.79. The molecule has 0 bridgehead atoms. The normalized spacial score (nSPS) is 12.3. The van der Waals surface area contributed by atoms with Crippen LogP contribution in [0.3, 0.4) is 0 Å². The second-order valence-electron chi connectivity index (χ2n) is 5.43. The second-order valence-corrected chi connectivity index (χ2v) is 8.64. The molecule has 1 aromatic carbocycles. The molecular weight excluding hydrogens is 380 g/mol. The van der Waals surface area contributed by atoms with Gasteiger partial charge in [0.2, 0.25) is 0 Å². The van der Waals surface area contributed by atoms with Crippen LogP contribution in [0.15, 0.2) is 46.0 Å². The number of sulfone groups is 1. The van der Waals surface area contributed by atoms with Crippen LogP contribution in [0.2, 0.25) is 0 Å². The molecule has 1 heterocycles. The number of aromatic carboxylic acids is 1. The molecule has 1 unspecified atom stereocenters. The highest BCUT2D eigenvalue weighted by atomic mass is 32.2. The van der Waals surface area contributed by atoms with Crippen molar-refractivity contribution in [3.63, 3.8) is 0 Å². The van der Waals surface area contributed by atoms with Gasteiger partial charge in [0.25, 0.3) is 0 Å². The minimum atomic E-state index is -3.58. The summed E-state index contributed by atoms with van der Waals surface area (Å²) in [6.07, 6.45) is -1.23. The molecule has 4 N–H and O–H groups in total. The maximum Gasteiger partial charge on any atom is 0.335 e. The van der Waals surface area contributed by atoms with Gasteiger partial charge in [-0.15, -0.1) is 11.3 Å². The summed E-state index contributed by atoms with van der Waals surface area (Å²) in [5.41, 5.74) is 0.847. The van der Waals surface area contributed by atoms with Crippen molar-refractivity contribution >= 4 is 33.2 Å². The Labute approximate surface area is 154 Å². The molecule has 0 aliphatic carbocycles.